The van der Waals surface area contributed by atoms with Gasteiger partial charge in [0.25, 0.3) is 5.91 Å². The van der Waals surface area contributed by atoms with Crippen molar-refractivity contribution in [1.29, 1.82) is 0 Å². The quantitative estimate of drug-likeness (QED) is 0.0785. The molecule has 0 aliphatic heterocycles. The van der Waals surface area contributed by atoms with Crippen molar-refractivity contribution in [3.05, 3.63) is 29.3 Å². The average Bonchev–Trinajstić information content (AvgIpc) is 3.02. The molecule has 1 unspecified atom stereocenters. The number of rotatable bonds is 20. The van der Waals surface area contributed by atoms with Crippen LogP contribution < -0.4 is 38.1 Å². The van der Waals surface area contributed by atoms with Crippen LogP contribution in [-0.4, -0.2) is 81.1 Å². The number of hydrogen-bond donors (Lipinski definition) is 7. The fraction of sp³-hybridized carbons (Fsp3) is 0.636. The van der Waals surface area contributed by atoms with Gasteiger partial charge in [-0.2, -0.15) is 0 Å². The Kier molecular flexibility index (Phi) is 22.7. The Balaban J connectivity index is 0.00000282. The van der Waals surface area contributed by atoms with Crippen molar-refractivity contribution in [3.8, 4) is 0 Å². The van der Waals surface area contributed by atoms with Crippen molar-refractivity contribution in [1.82, 2.24) is 21.3 Å². The summed E-state index contributed by atoms with van der Waals surface area (Å²) < 4.78 is 10.7. The van der Waals surface area contributed by atoms with Crippen molar-refractivity contribution in [3.63, 3.8) is 0 Å². The normalized spacial score (nSPS) is 11.2. The van der Waals surface area contributed by atoms with E-state index in [0.717, 1.165) is 12.8 Å². The molecule has 1 atom stereocenters. The van der Waals surface area contributed by atoms with Gasteiger partial charge in [0.2, 0.25) is 17.7 Å². The number of benzene rings is 1. The molecule has 0 aromatic heterocycles. The molecule has 272 valence electrons. The zero-order chi connectivity index (χ0) is 36.6. The minimum atomic E-state index is -0.823. The Hall–Kier alpha value is -4.24. The number of nitrogens with two attached hydrogens (primary N) is 2. The van der Waals surface area contributed by atoms with Crippen LogP contribution in [0.25, 0.3) is 0 Å². The first-order valence-corrected chi connectivity index (χ1v) is 16.4. The maximum Gasteiger partial charge on any atom is 0.312 e. The summed E-state index contributed by atoms with van der Waals surface area (Å²) in [6.45, 7) is 14.7. The van der Waals surface area contributed by atoms with Gasteiger partial charge in [-0.15, -0.1) is 0 Å². The Morgan fingerprint density at radius 1 is 0.875 bits per heavy atom. The number of anilines is 1. The second-order valence-corrected chi connectivity index (χ2v) is 12.1. The highest BCUT2D eigenvalue weighted by molar-refractivity contribution is 5.99. The predicted octanol–water partition coefficient (Wildman–Crippen LogP) is 1.79. The third-order valence-electron chi connectivity index (χ3n) is 6.46. The molecule has 0 saturated carbocycles. The van der Waals surface area contributed by atoms with E-state index in [0.29, 0.717) is 30.3 Å². The smallest absolute Gasteiger partial charge is 0.312 e. The zero-order valence-electron chi connectivity index (χ0n) is 29.5. The first kappa shape index (κ1) is 43.8. The first-order valence-electron chi connectivity index (χ1n) is 16.4. The second-order valence-electron chi connectivity index (χ2n) is 12.1. The van der Waals surface area contributed by atoms with Crippen molar-refractivity contribution >= 4 is 41.3 Å². The number of amides is 6. The predicted molar refractivity (Wildman–Crippen MR) is 184 cm³/mol. The SMILES string of the molecule is CC(C)CCOCCC(=O)NC(C(=O)NCC(=O)Nc1ccc(COC(=O)C(C)C)c(C(=O)NCCN)c1)C(C)C.CCCNC(N)=O. The van der Waals surface area contributed by atoms with Gasteiger partial charge >= 0.3 is 12.0 Å². The van der Waals surface area contributed by atoms with Crippen molar-refractivity contribution < 1.29 is 38.2 Å². The number of carbonyl (C=O) groups excluding carboxylic acids is 6. The van der Waals surface area contributed by atoms with Gasteiger partial charge < -0.3 is 47.5 Å². The molecule has 0 fully saturated rings. The van der Waals surface area contributed by atoms with Crippen LogP contribution in [0.1, 0.15) is 83.7 Å². The Morgan fingerprint density at radius 3 is 2.10 bits per heavy atom. The number of primary amides is 1. The van der Waals surface area contributed by atoms with Crippen molar-refractivity contribution in [2.45, 2.75) is 80.4 Å². The number of urea groups is 1. The fourth-order valence-electron chi connectivity index (χ4n) is 3.69. The lowest BCUT2D eigenvalue weighted by Crippen LogP contribution is -2.51. The summed E-state index contributed by atoms with van der Waals surface area (Å²) in [6.07, 6.45) is 1.97. The zero-order valence-corrected chi connectivity index (χ0v) is 29.5. The summed E-state index contributed by atoms with van der Waals surface area (Å²) >= 11 is 0. The molecule has 15 heteroatoms. The van der Waals surface area contributed by atoms with E-state index in [4.69, 9.17) is 20.9 Å². The summed E-state index contributed by atoms with van der Waals surface area (Å²) in [5, 5.41) is 13.0. The highest BCUT2D eigenvalue weighted by Crippen LogP contribution is 2.18. The van der Waals surface area contributed by atoms with E-state index in [-0.39, 0.29) is 62.6 Å². The van der Waals surface area contributed by atoms with Gasteiger partial charge in [0.05, 0.1) is 19.1 Å². The number of carbonyl (C=O) groups is 6. The molecule has 0 saturated heterocycles. The maximum atomic E-state index is 12.7. The molecular weight excluding hydrogens is 622 g/mol. The number of nitrogens with one attached hydrogen (secondary N) is 5. The van der Waals surface area contributed by atoms with E-state index in [1.54, 1.807) is 39.8 Å². The third-order valence-corrected chi connectivity index (χ3v) is 6.46. The molecule has 1 aromatic rings. The van der Waals surface area contributed by atoms with E-state index < -0.39 is 35.8 Å². The highest BCUT2D eigenvalue weighted by atomic mass is 16.5. The van der Waals surface area contributed by atoms with E-state index >= 15 is 0 Å². The molecule has 0 aliphatic rings. The summed E-state index contributed by atoms with van der Waals surface area (Å²) in [4.78, 5) is 72.1. The van der Waals surface area contributed by atoms with Gasteiger partial charge in [0.1, 0.15) is 12.6 Å². The lowest BCUT2D eigenvalue weighted by molar-refractivity contribution is -0.148. The standard InChI is InChI=1S/C29H47N5O7.C4H10N2O/c1-18(2)9-13-40-14-10-24(35)34-26(19(3)4)28(38)32-16-25(36)33-22-8-7-21(17-41-29(39)20(5)6)23(15-22)27(37)31-12-11-30;1-2-3-6-4(5)7/h7-8,15,18-20,26H,9-14,16-17,30H2,1-6H3,(H,31,37)(H,32,38)(H,33,36)(H,34,35);2-3H2,1H3,(H3,5,6,7). The van der Waals surface area contributed by atoms with E-state index in [9.17, 15) is 28.8 Å². The molecule has 1 aromatic carbocycles. The summed E-state index contributed by atoms with van der Waals surface area (Å²) in [5.74, 6) is -2.20. The van der Waals surface area contributed by atoms with Gasteiger partial charge in [-0.05, 0) is 36.8 Å². The summed E-state index contributed by atoms with van der Waals surface area (Å²) in [7, 11) is 0. The van der Waals surface area contributed by atoms with Crippen molar-refractivity contribution in [2.75, 3.05) is 44.7 Å². The molecule has 15 nitrogen and oxygen atoms in total. The lowest BCUT2D eigenvalue weighted by atomic mass is 10.0. The molecule has 0 bridgehead atoms. The molecule has 0 radical (unpaired) electrons. The van der Waals surface area contributed by atoms with Gasteiger partial charge in [0, 0.05) is 49.5 Å². The van der Waals surface area contributed by atoms with Crippen LogP contribution in [0.2, 0.25) is 0 Å². The van der Waals surface area contributed by atoms with E-state index in [1.807, 2.05) is 6.92 Å². The van der Waals surface area contributed by atoms with Gasteiger partial charge in [-0.25, -0.2) is 4.79 Å². The average molecular weight is 680 g/mol. The largest absolute Gasteiger partial charge is 0.461 e. The third kappa shape index (κ3) is 20.1. The number of esters is 1. The lowest BCUT2D eigenvalue weighted by Gasteiger charge is -2.21. The fourth-order valence-corrected chi connectivity index (χ4v) is 3.69. The Morgan fingerprint density at radius 2 is 1.56 bits per heavy atom. The number of hydrogen-bond acceptors (Lipinski definition) is 9. The highest BCUT2D eigenvalue weighted by Gasteiger charge is 2.24. The van der Waals surface area contributed by atoms with Crippen LogP contribution >= 0.6 is 0 Å². The van der Waals surface area contributed by atoms with E-state index in [2.05, 4.69) is 40.4 Å². The molecule has 0 spiro atoms. The summed E-state index contributed by atoms with van der Waals surface area (Å²) in [6, 6.07) is 3.34. The maximum absolute atomic E-state index is 12.7. The minimum absolute atomic E-state index is 0.112. The van der Waals surface area contributed by atoms with Gasteiger partial charge in [0.15, 0.2) is 0 Å². The molecule has 48 heavy (non-hydrogen) atoms. The van der Waals surface area contributed by atoms with Crippen LogP contribution in [0, 0.1) is 17.8 Å². The molecular formula is C33H57N7O8. The topological polar surface area (TPSA) is 233 Å². The second kappa shape index (κ2) is 24.9. The molecule has 0 heterocycles. The number of ether oxygens (including phenoxy) is 2. The Labute approximate surface area is 284 Å². The molecule has 0 aliphatic carbocycles. The van der Waals surface area contributed by atoms with Crippen LogP contribution in [0.3, 0.4) is 0 Å². The van der Waals surface area contributed by atoms with Gasteiger partial charge in [-0.3, -0.25) is 24.0 Å². The van der Waals surface area contributed by atoms with Crippen molar-refractivity contribution in [2.24, 2.45) is 29.2 Å². The molecule has 6 amide bonds. The van der Waals surface area contributed by atoms with Crippen LogP contribution in [0.5, 0.6) is 0 Å². The van der Waals surface area contributed by atoms with Crippen LogP contribution in [0.4, 0.5) is 10.5 Å². The summed E-state index contributed by atoms with van der Waals surface area (Å²) in [5.41, 5.74) is 11.2. The molecule has 9 N–H and O–H groups in total. The van der Waals surface area contributed by atoms with Crippen LogP contribution in [-0.2, 0) is 35.3 Å². The monoisotopic (exact) mass is 679 g/mol. The molecule has 1 rings (SSSR count). The minimum Gasteiger partial charge on any atom is -0.461 e. The first-order chi connectivity index (χ1) is 22.6. The van der Waals surface area contributed by atoms with Crippen LogP contribution in [0.15, 0.2) is 18.2 Å². The van der Waals surface area contributed by atoms with Gasteiger partial charge in [-0.1, -0.05) is 54.5 Å². The Bertz CT molecular complexity index is 1170. The van der Waals surface area contributed by atoms with E-state index in [1.165, 1.54) is 6.07 Å².